The SMILES string of the molecule is CC[C@@H](C(=O)N[C@H](C)c1ccc(F)cc1)N(c1cccc(C)c1)S(C)(=O)=O. The Bertz CT molecular complexity index is 898. The molecule has 0 saturated heterocycles. The fourth-order valence-electron chi connectivity index (χ4n) is 2.97. The van der Waals surface area contributed by atoms with Crippen LogP contribution in [0.3, 0.4) is 0 Å². The number of carbonyl (C=O) groups excluding carboxylic acids is 1. The van der Waals surface area contributed by atoms with Crippen molar-refractivity contribution in [2.45, 2.75) is 39.3 Å². The van der Waals surface area contributed by atoms with Gasteiger partial charge in [-0.1, -0.05) is 31.2 Å². The molecule has 2 atom stereocenters. The van der Waals surface area contributed by atoms with Gasteiger partial charge in [-0.2, -0.15) is 0 Å². The Labute approximate surface area is 160 Å². The zero-order valence-corrected chi connectivity index (χ0v) is 16.8. The number of anilines is 1. The molecule has 27 heavy (non-hydrogen) atoms. The maximum Gasteiger partial charge on any atom is 0.244 e. The van der Waals surface area contributed by atoms with Crippen molar-refractivity contribution in [3.05, 3.63) is 65.5 Å². The number of halogens is 1. The average Bonchev–Trinajstić information content (AvgIpc) is 2.58. The minimum Gasteiger partial charge on any atom is -0.348 e. The van der Waals surface area contributed by atoms with Crippen molar-refractivity contribution in [3.63, 3.8) is 0 Å². The first kappa shape index (κ1) is 20.9. The molecule has 0 aliphatic rings. The Morgan fingerprint density at radius 1 is 1.19 bits per heavy atom. The van der Waals surface area contributed by atoms with Crippen LogP contribution in [0.25, 0.3) is 0 Å². The molecule has 0 unspecified atom stereocenters. The molecule has 5 nitrogen and oxygen atoms in total. The van der Waals surface area contributed by atoms with Gasteiger partial charge in [-0.3, -0.25) is 9.10 Å². The lowest BCUT2D eigenvalue weighted by atomic mass is 10.1. The molecule has 146 valence electrons. The monoisotopic (exact) mass is 392 g/mol. The van der Waals surface area contributed by atoms with E-state index < -0.39 is 22.0 Å². The Kier molecular flexibility index (Phi) is 6.59. The number of benzene rings is 2. The number of nitrogens with one attached hydrogen (secondary N) is 1. The van der Waals surface area contributed by atoms with Crippen molar-refractivity contribution in [3.8, 4) is 0 Å². The number of hydrogen-bond acceptors (Lipinski definition) is 3. The zero-order chi connectivity index (χ0) is 20.2. The predicted molar refractivity (Wildman–Crippen MR) is 106 cm³/mol. The van der Waals surface area contributed by atoms with Gasteiger partial charge in [0.25, 0.3) is 0 Å². The van der Waals surface area contributed by atoms with Crippen LogP contribution in [0.4, 0.5) is 10.1 Å². The van der Waals surface area contributed by atoms with Gasteiger partial charge in [-0.15, -0.1) is 0 Å². The normalized spacial score (nSPS) is 13.7. The molecule has 0 aromatic heterocycles. The van der Waals surface area contributed by atoms with Crippen LogP contribution in [0.1, 0.15) is 37.4 Å². The summed E-state index contributed by atoms with van der Waals surface area (Å²) in [6.45, 7) is 5.40. The third kappa shape index (κ3) is 5.29. The molecule has 0 aliphatic heterocycles. The number of aryl methyl sites for hydroxylation is 1. The number of hydrogen-bond donors (Lipinski definition) is 1. The summed E-state index contributed by atoms with van der Waals surface area (Å²) in [5.41, 5.74) is 2.09. The van der Waals surface area contributed by atoms with Gasteiger partial charge < -0.3 is 5.32 Å². The lowest BCUT2D eigenvalue weighted by Gasteiger charge is -2.31. The van der Waals surface area contributed by atoms with E-state index in [0.717, 1.165) is 21.7 Å². The summed E-state index contributed by atoms with van der Waals surface area (Å²) in [7, 11) is -3.67. The van der Waals surface area contributed by atoms with E-state index in [2.05, 4.69) is 5.32 Å². The number of amides is 1. The van der Waals surface area contributed by atoms with E-state index in [1.54, 1.807) is 44.2 Å². The Morgan fingerprint density at radius 3 is 2.33 bits per heavy atom. The van der Waals surface area contributed by atoms with Gasteiger partial charge in [0, 0.05) is 0 Å². The Morgan fingerprint density at radius 2 is 1.81 bits per heavy atom. The second-order valence-electron chi connectivity index (χ2n) is 6.60. The standard InChI is InChI=1S/C20H25FN2O3S/c1-5-19(20(24)22-15(3)16-9-11-17(21)12-10-16)23(27(4,25)26)18-8-6-7-14(2)13-18/h6-13,15,19H,5H2,1-4H3,(H,22,24)/t15-,19+/m1/s1. The van der Waals surface area contributed by atoms with Crippen molar-refractivity contribution in [1.29, 1.82) is 0 Å². The molecule has 0 spiro atoms. The van der Waals surface area contributed by atoms with E-state index in [0.29, 0.717) is 12.1 Å². The van der Waals surface area contributed by atoms with Crippen LogP contribution >= 0.6 is 0 Å². The lowest BCUT2D eigenvalue weighted by Crippen LogP contribution is -2.49. The number of rotatable bonds is 7. The van der Waals surface area contributed by atoms with Gasteiger partial charge in [-0.05, 0) is 55.7 Å². The first-order chi connectivity index (χ1) is 12.6. The third-order valence-corrected chi connectivity index (χ3v) is 5.49. The molecule has 0 bridgehead atoms. The smallest absolute Gasteiger partial charge is 0.244 e. The minimum atomic E-state index is -3.67. The quantitative estimate of drug-likeness (QED) is 0.784. The molecule has 0 heterocycles. The first-order valence-corrected chi connectivity index (χ1v) is 10.6. The highest BCUT2D eigenvalue weighted by Crippen LogP contribution is 2.24. The van der Waals surface area contributed by atoms with Crippen LogP contribution in [0.5, 0.6) is 0 Å². The van der Waals surface area contributed by atoms with Crippen molar-refractivity contribution in [2.24, 2.45) is 0 Å². The Hall–Kier alpha value is -2.41. The summed E-state index contributed by atoms with van der Waals surface area (Å²) in [6.07, 6.45) is 1.40. The van der Waals surface area contributed by atoms with Crippen molar-refractivity contribution in [1.82, 2.24) is 5.32 Å². The van der Waals surface area contributed by atoms with E-state index in [4.69, 9.17) is 0 Å². The highest BCUT2D eigenvalue weighted by Gasteiger charge is 2.32. The fraction of sp³-hybridized carbons (Fsp3) is 0.350. The van der Waals surface area contributed by atoms with Crippen molar-refractivity contribution in [2.75, 3.05) is 10.6 Å². The molecular weight excluding hydrogens is 367 g/mol. The molecule has 7 heteroatoms. The second-order valence-corrected chi connectivity index (χ2v) is 8.46. The lowest BCUT2D eigenvalue weighted by molar-refractivity contribution is -0.122. The van der Waals surface area contributed by atoms with E-state index >= 15 is 0 Å². The van der Waals surface area contributed by atoms with E-state index in [1.165, 1.54) is 12.1 Å². The van der Waals surface area contributed by atoms with Gasteiger partial charge in [0.05, 0.1) is 18.0 Å². The van der Waals surface area contributed by atoms with Crippen molar-refractivity contribution < 1.29 is 17.6 Å². The third-order valence-electron chi connectivity index (χ3n) is 4.31. The molecule has 0 radical (unpaired) electrons. The fourth-order valence-corrected chi connectivity index (χ4v) is 4.17. The van der Waals surface area contributed by atoms with Crippen LogP contribution in [0, 0.1) is 12.7 Å². The second kappa shape index (κ2) is 8.52. The molecule has 2 aromatic rings. The number of nitrogens with zero attached hydrogens (tertiary/aromatic N) is 1. The van der Waals surface area contributed by atoms with Gasteiger partial charge in [-0.25, -0.2) is 12.8 Å². The van der Waals surface area contributed by atoms with Gasteiger partial charge in [0.1, 0.15) is 11.9 Å². The maximum atomic E-state index is 13.1. The summed E-state index contributed by atoms with van der Waals surface area (Å²) < 4.78 is 39.1. The number of carbonyl (C=O) groups is 1. The summed E-state index contributed by atoms with van der Waals surface area (Å²) in [6, 6.07) is 11.6. The molecule has 2 aromatic carbocycles. The van der Waals surface area contributed by atoms with Gasteiger partial charge >= 0.3 is 0 Å². The van der Waals surface area contributed by atoms with Crippen LogP contribution in [-0.2, 0) is 14.8 Å². The molecule has 0 fully saturated rings. The van der Waals surface area contributed by atoms with E-state index in [-0.39, 0.29) is 11.9 Å². The van der Waals surface area contributed by atoms with Crippen LogP contribution in [-0.4, -0.2) is 26.6 Å². The first-order valence-electron chi connectivity index (χ1n) is 8.75. The van der Waals surface area contributed by atoms with Crippen LogP contribution in [0.2, 0.25) is 0 Å². The summed E-state index contributed by atoms with van der Waals surface area (Å²) >= 11 is 0. The maximum absolute atomic E-state index is 13.1. The summed E-state index contributed by atoms with van der Waals surface area (Å²) in [5, 5.41) is 2.84. The highest BCUT2D eigenvalue weighted by atomic mass is 32.2. The summed E-state index contributed by atoms with van der Waals surface area (Å²) in [5.74, 6) is -0.757. The molecule has 1 N–H and O–H groups in total. The number of sulfonamides is 1. The molecule has 1 amide bonds. The summed E-state index contributed by atoms with van der Waals surface area (Å²) in [4.78, 5) is 12.9. The largest absolute Gasteiger partial charge is 0.348 e. The average molecular weight is 392 g/mol. The molecule has 2 rings (SSSR count). The topological polar surface area (TPSA) is 66.5 Å². The molecular formula is C20H25FN2O3S. The highest BCUT2D eigenvalue weighted by molar-refractivity contribution is 7.92. The Balaban J connectivity index is 2.30. The van der Waals surface area contributed by atoms with Crippen molar-refractivity contribution >= 4 is 21.6 Å². The molecule has 0 saturated carbocycles. The zero-order valence-electron chi connectivity index (χ0n) is 15.9. The minimum absolute atomic E-state index is 0.309. The van der Waals surface area contributed by atoms with E-state index in [9.17, 15) is 17.6 Å². The molecule has 0 aliphatic carbocycles. The van der Waals surface area contributed by atoms with Gasteiger partial charge in [0.15, 0.2) is 0 Å². The predicted octanol–water partition coefficient (Wildman–Crippen LogP) is 3.56. The van der Waals surface area contributed by atoms with E-state index in [1.807, 2.05) is 13.0 Å². The van der Waals surface area contributed by atoms with Crippen LogP contribution in [0.15, 0.2) is 48.5 Å². The van der Waals surface area contributed by atoms with Crippen LogP contribution < -0.4 is 9.62 Å². The van der Waals surface area contributed by atoms with Gasteiger partial charge in [0.2, 0.25) is 15.9 Å².